The van der Waals surface area contributed by atoms with Crippen molar-refractivity contribution in [3.63, 3.8) is 0 Å². The molecule has 0 radical (unpaired) electrons. The molecule has 17 heavy (non-hydrogen) atoms. The van der Waals surface area contributed by atoms with Crippen LogP contribution in [0.4, 0.5) is 4.79 Å². The van der Waals surface area contributed by atoms with Crippen molar-refractivity contribution in [1.29, 1.82) is 0 Å². The Hall–Kier alpha value is -1.51. The summed E-state index contributed by atoms with van der Waals surface area (Å²) >= 11 is 0. The molecule has 0 aliphatic carbocycles. The lowest BCUT2D eigenvalue weighted by Crippen LogP contribution is -2.37. The highest BCUT2D eigenvalue weighted by atomic mass is 16.2. The highest BCUT2D eigenvalue weighted by Crippen LogP contribution is 2.02. The Morgan fingerprint density at radius 3 is 2.41 bits per heavy atom. The van der Waals surface area contributed by atoms with Crippen molar-refractivity contribution in [3.05, 3.63) is 35.4 Å². The molecule has 2 amide bonds. The van der Waals surface area contributed by atoms with E-state index in [1.165, 1.54) is 11.1 Å². The van der Waals surface area contributed by atoms with Crippen LogP contribution in [-0.4, -0.2) is 19.1 Å². The third-order valence-corrected chi connectivity index (χ3v) is 2.64. The molecule has 2 N–H and O–H groups in total. The number of aryl methyl sites for hydroxylation is 1. The molecule has 1 rings (SSSR count). The number of carbonyl (C=O) groups is 1. The fraction of sp³-hybridized carbons (Fsp3) is 0.500. The molecule has 0 aliphatic heterocycles. The fourth-order valence-corrected chi connectivity index (χ4v) is 1.52. The number of unbranched alkanes of at least 4 members (excludes halogenated alkanes) is 1. The predicted octanol–water partition coefficient (Wildman–Crippen LogP) is 2.64. The van der Waals surface area contributed by atoms with E-state index < -0.39 is 0 Å². The van der Waals surface area contributed by atoms with Crippen LogP contribution in [-0.2, 0) is 6.42 Å². The van der Waals surface area contributed by atoms with Gasteiger partial charge in [0, 0.05) is 13.1 Å². The van der Waals surface area contributed by atoms with E-state index in [1.807, 2.05) is 0 Å². The molecular weight excluding hydrogens is 212 g/mol. The van der Waals surface area contributed by atoms with Crippen molar-refractivity contribution in [2.45, 2.75) is 33.1 Å². The van der Waals surface area contributed by atoms with Gasteiger partial charge in [0.1, 0.15) is 0 Å². The van der Waals surface area contributed by atoms with Crippen molar-refractivity contribution in [3.8, 4) is 0 Å². The molecule has 1 aromatic rings. The lowest BCUT2D eigenvalue weighted by Gasteiger charge is -2.07. The lowest BCUT2D eigenvalue weighted by atomic mass is 10.1. The van der Waals surface area contributed by atoms with Gasteiger partial charge in [-0.1, -0.05) is 43.2 Å². The molecule has 0 unspecified atom stereocenters. The van der Waals surface area contributed by atoms with Crippen molar-refractivity contribution in [2.24, 2.45) is 0 Å². The molecular formula is C14H22N2O. The zero-order valence-electron chi connectivity index (χ0n) is 10.8. The summed E-state index contributed by atoms with van der Waals surface area (Å²) in [5.74, 6) is 0. The van der Waals surface area contributed by atoms with Gasteiger partial charge in [-0.3, -0.25) is 0 Å². The van der Waals surface area contributed by atoms with Crippen LogP contribution in [0.1, 0.15) is 30.9 Å². The van der Waals surface area contributed by atoms with Gasteiger partial charge < -0.3 is 10.6 Å². The van der Waals surface area contributed by atoms with E-state index in [2.05, 4.69) is 48.7 Å². The zero-order chi connectivity index (χ0) is 12.5. The molecule has 3 heteroatoms. The normalized spacial score (nSPS) is 10.0. The SMILES string of the molecule is CCCCNC(=O)NCCc1ccc(C)cc1. The summed E-state index contributed by atoms with van der Waals surface area (Å²) in [6.45, 7) is 5.62. The lowest BCUT2D eigenvalue weighted by molar-refractivity contribution is 0.241. The molecule has 0 aliphatic rings. The molecule has 3 nitrogen and oxygen atoms in total. The highest BCUT2D eigenvalue weighted by molar-refractivity contribution is 5.73. The molecule has 0 saturated carbocycles. The van der Waals surface area contributed by atoms with Gasteiger partial charge in [-0.25, -0.2) is 4.79 Å². The van der Waals surface area contributed by atoms with Gasteiger partial charge in [0.05, 0.1) is 0 Å². The van der Waals surface area contributed by atoms with Crippen LogP contribution < -0.4 is 10.6 Å². The Labute approximate surface area is 104 Å². The molecule has 0 spiro atoms. The molecule has 1 aromatic carbocycles. The predicted molar refractivity (Wildman–Crippen MR) is 71.2 cm³/mol. The van der Waals surface area contributed by atoms with Crippen molar-refractivity contribution >= 4 is 6.03 Å². The van der Waals surface area contributed by atoms with Crippen LogP contribution in [0.25, 0.3) is 0 Å². The standard InChI is InChI=1S/C14H22N2O/c1-3-4-10-15-14(17)16-11-9-13-7-5-12(2)6-8-13/h5-8H,3-4,9-11H2,1-2H3,(H2,15,16,17). The van der Waals surface area contributed by atoms with Gasteiger partial charge in [-0.05, 0) is 25.3 Å². The minimum atomic E-state index is -0.0643. The van der Waals surface area contributed by atoms with E-state index in [0.717, 1.165) is 25.8 Å². The second-order valence-electron chi connectivity index (χ2n) is 4.27. The first-order valence-electron chi connectivity index (χ1n) is 6.29. The van der Waals surface area contributed by atoms with E-state index in [1.54, 1.807) is 0 Å². The molecule has 0 atom stereocenters. The third-order valence-electron chi connectivity index (χ3n) is 2.64. The number of benzene rings is 1. The minimum Gasteiger partial charge on any atom is -0.338 e. The average molecular weight is 234 g/mol. The van der Waals surface area contributed by atoms with Gasteiger partial charge in [0.15, 0.2) is 0 Å². The fourth-order valence-electron chi connectivity index (χ4n) is 1.52. The molecule has 0 heterocycles. The van der Waals surface area contributed by atoms with Crippen LogP contribution in [0.2, 0.25) is 0 Å². The Kier molecular flexibility index (Phi) is 6.15. The second-order valence-corrected chi connectivity index (χ2v) is 4.27. The largest absolute Gasteiger partial charge is 0.338 e. The highest BCUT2D eigenvalue weighted by Gasteiger charge is 1.98. The summed E-state index contributed by atoms with van der Waals surface area (Å²) in [6, 6.07) is 8.33. The van der Waals surface area contributed by atoms with Crippen molar-refractivity contribution in [2.75, 3.05) is 13.1 Å². The summed E-state index contributed by atoms with van der Waals surface area (Å²) in [5.41, 5.74) is 2.52. The first-order valence-corrected chi connectivity index (χ1v) is 6.29. The van der Waals surface area contributed by atoms with Crippen LogP contribution >= 0.6 is 0 Å². The molecule has 0 saturated heterocycles. The number of urea groups is 1. The van der Waals surface area contributed by atoms with E-state index in [4.69, 9.17) is 0 Å². The molecule has 0 fully saturated rings. The van der Waals surface area contributed by atoms with E-state index in [9.17, 15) is 4.79 Å². The maximum atomic E-state index is 11.3. The van der Waals surface area contributed by atoms with E-state index in [0.29, 0.717) is 6.54 Å². The topological polar surface area (TPSA) is 41.1 Å². The Morgan fingerprint density at radius 1 is 1.12 bits per heavy atom. The summed E-state index contributed by atoms with van der Waals surface area (Å²) < 4.78 is 0. The van der Waals surface area contributed by atoms with Gasteiger partial charge in [0.25, 0.3) is 0 Å². The number of hydrogen-bond donors (Lipinski definition) is 2. The smallest absolute Gasteiger partial charge is 0.314 e. The number of hydrogen-bond acceptors (Lipinski definition) is 1. The van der Waals surface area contributed by atoms with Crippen LogP contribution in [0.5, 0.6) is 0 Å². The first-order chi connectivity index (χ1) is 8.22. The van der Waals surface area contributed by atoms with Crippen LogP contribution in [0.3, 0.4) is 0 Å². The molecule has 94 valence electrons. The average Bonchev–Trinajstić information content (AvgIpc) is 2.32. The minimum absolute atomic E-state index is 0.0643. The van der Waals surface area contributed by atoms with Gasteiger partial charge in [-0.15, -0.1) is 0 Å². The van der Waals surface area contributed by atoms with Crippen molar-refractivity contribution < 1.29 is 4.79 Å². The van der Waals surface area contributed by atoms with Gasteiger partial charge >= 0.3 is 6.03 Å². The van der Waals surface area contributed by atoms with Crippen LogP contribution in [0.15, 0.2) is 24.3 Å². The maximum absolute atomic E-state index is 11.3. The van der Waals surface area contributed by atoms with E-state index in [-0.39, 0.29) is 6.03 Å². The number of rotatable bonds is 6. The number of carbonyl (C=O) groups excluding carboxylic acids is 1. The number of amides is 2. The summed E-state index contributed by atoms with van der Waals surface area (Å²) in [7, 11) is 0. The zero-order valence-corrected chi connectivity index (χ0v) is 10.8. The molecule has 0 bridgehead atoms. The third kappa shape index (κ3) is 5.95. The monoisotopic (exact) mass is 234 g/mol. The Morgan fingerprint density at radius 2 is 1.76 bits per heavy atom. The quantitative estimate of drug-likeness (QED) is 0.730. The summed E-state index contributed by atoms with van der Waals surface area (Å²) in [5, 5.41) is 5.68. The van der Waals surface area contributed by atoms with Gasteiger partial charge in [-0.2, -0.15) is 0 Å². The van der Waals surface area contributed by atoms with Crippen molar-refractivity contribution in [1.82, 2.24) is 10.6 Å². The maximum Gasteiger partial charge on any atom is 0.314 e. The summed E-state index contributed by atoms with van der Waals surface area (Å²) in [6.07, 6.45) is 3.01. The molecule has 0 aromatic heterocycles. The summed E-state index contributed by atoms with van der Waals surface area (Å²) in [4.78, 5) is 11.3. The van der Waals surface area contributed by atoms with Gasteiger partial charge in [0.2, 0.25) is 0 Å². The second kappa shape index (κ2) is 7.71. The van der Waals surface area contributed by atoms with E-state index >= 15 is 0 Å². The number of nitrogens with one attached hydrogen (secondary N) is 2. The Bertz CT molecular complexity index is 333. The first kappa shape index (κ1) is 13.6. The Balaban J connectivity index is 2.14. The van der Waals surface area contributed by atoms with Crippen LogP contribution in [0, 0.1) is 6.92 Å².